The number of carbonyl (C=O) groups is 3. The zero-order chi connectivity index (χ0) is 20.1. The summed E-state index contributed by atoms with van der Waals surface area (Å²) >= 11 is 0. The molecule has 1 heterocycles. The van der Waals surface area contributed by atoms with Gasteiger partial charge in [0.25, 0.3) is 0 Å². The van der Waals surface area contributed by atoms with Crippen molar-refractivity contribution in [3.05, 3.63) is 60.2 Å². The molecule has 6 nitrogen and oxygen atoms in total. The maximum absolute atomic E-state index is 12.6. The van der Waals surface area contributed by atoms with E-state index in [9.17, 15) is 19.5 Å². The van der Waals surface area contributed by atoms with Crippen LogP contribution in [0, 0.1) is 23.7 Å². The Morgan fingerprint density at radius 2 is 1.69 bits per heavy atom. The molecule has 5 rings (SSSR count). The molecular formula is C23H22N2O4. The van der Waals surface area contributed by atoms with Crippen molar-refractivity contribution in [1.82, 2.24) is 10.2 Å². The highest BCUT2D eigenvalue weighted by atomic mass is 16.3. The first-order valence-electron chi connectivity index (χ1n) is 10.00. The van der Waals surface area contributed by atoms with Crippen molar-refractivity contribution >= 4 is 28.5 Å². The van der Waals surface area contributed by atoms with Gasteiger partial charge in [0.05, 0.1) is 17.9 Å². The van der Waals surface area contributed by atoms with E-state index in [0.717, 1.165) is 22.1 Å². The first kappa shape index (κ1) is 18.1. The van der Waals surface area contributed by atoms with Gasteiger partial charge in [-0.1, -0.05) is 48.6 Å². The number of carbonyl (C=O) groups excluding carboxylic acids is 3. The van der Waals surface area contributed by atoms with Crippen LogP contribution in [0.1, 0.15) is 18.1 Å². The van der Waals surface area contributed by atoms with Gasteiger partial charge in [-0.15, -0.1) is 0 Å². The third-order valence-electron chi connectivity index (χ3n) is 6.51. The molecule has 29 heavy (non-hydrogen) atoms. The minimum Gasteiger partial charge on any atom is -0.387 e. The number of hydrogen-bond acceptors (Lipinski definition) is 4. The van der Waals surface area contributed by atoms with Gasteiger partial charge in [0.1, 0.15) is 6.54 Å². The fourth-order valence-corrected chi connectivity index (χ4v) is 5.06. The smallest absolute Gasteiger partial charge is 0.240 e. The Balaban J connectivity index is 1.20. The van der Waals surface area contributed by atoms with Gasteiger partial charge >= 0.3 is 0 Å². The third-order valence-corrected chi connectivity index (χ3v) is 6.51. The summed E-state index contributed by atoms with van der Waals surface area (Å²) in [6, 6.07) is 13.5. The molecule has 3 aliphatic rings. The number of fused-ring (bicyclic) bond motifs is 6. The normalized spacial score (nSPS) is 28.2. The van der Waals surface area contributed by atoms with E-state index in [1.54, 1.807) is 0 Å². The lowest BCUT2D eigenvalue weighted by Gasteiger charge is -2.18. The van der Waals surface area contributed by atoms with E-state index in [4.69, 9.17) is 0 Å². The lowest BCUT2D eigenvalue weighted by molar-refractivity contribution is -0.144. The molecule has 2 aliphatic carbocycles. The van der Waals surface area contributed by atoms with E-state index in [1.165, 1.54) is 0 Å². The predicted molar refractivity (Wildman–Crippen MR) is 106 cm³/mol. The SMILES string of the molecule is O=C(CN1C(=O)[C@H]2[C@H](C1=O)[C@H]1C=C[C@H]2C1)NC[C@@H](O)c1ccc2ccccc2c1. The summed E-state index contributed by atoms with van der Waals surface area (Å²) < 4.78 is 0. The molecule has 3 amide bonds. The Morgan fingerprint density at radius 1 is 1.03 bits per heavy atom. The molecule has 0 radical (unpaired) electrons. The molecule has 1 aliphatic heterocycles. The van der Waals surface area contributed by atoms with Crippen LogP contribution in [0.25, 0.3) is 10.8 Å². The predicted octanol–water partition coefficient (Wildman–Crippen LogP) is 1.80. The maximum atomic E-state index is 12.6. The number of likely N-dealkylation sites (tertiary alicyclic amines) is 1. The van der Waals surface area contributed by atoms with E-state index in [-0.39, 0.29) is 48.6 Å². The number of imide groups is 1. The monoisotopic (exact) mass is 390 g/mol. The molecule has 148 valence electrons. The summed E-state index contributed by atoms with van der Waals surface area (Å²) in [7, 11) is 0. The highest BCUT2D eigenvalue weighted by Crippen LogP contribution is 2.52. The summed E-state index contributed by atoms with van der Waals surface area (Å²) in [5.41, 5.74) is 0.703. The van der Waals surface area contributed by atoms with Gasteiger partial charge in [-0.2, -0.15) is 0 Å². The van der Waals surface area contributed by atoms with Crippen LogP contribution in [0.15, 0.2) is 54.6 Å². The minimum absolute atomic E-state index is 0.0209. The van der Waals surface area contributed by atoms with Crippen LogP contribution >= 0.6 is 0 Å². The van der Waals surface area contributed by atoms with Crippen LogP contribution < -0.4 is 5.32 Å². The van der Waals surface area contributed by atoms with Crippen molar-refractivity contribution in [2.24, 2.45) is 23.7 Å². The van der Waals surface area contributed by atoms with Gasteiger partial charge in [-0.25, -0.2) is 0 Å². The molecule has 2 fully saturated rings. The van der Waals surface area contributed by atoms with E-state index >= 15 is 0 Å². The lowest BCUT2D eigenvalue weighted by Crippen LogP contribution is -2.42. The summed E-state index contributed by atoms with van der Waals surface area (Å²) in [5, 5.41) is 15.2. The Bertz CT molecular complexity index is 1020. The highest BCUT2D eigenvalue weighted by molar-refractivity contribution is 6.08. The number of amides is 3. The zero-order valence-corrected chi connectivity index (χ0v) is 15.8. The Morgan fingerprint density at radius 3 is 2.38 bits per heavy atom. The van der Waals surface area contributed by atoms with Crippen molar-refractivity contribution in [3.63, 3.8) is 0 Å². The van der Waals surface area contributed by atoms with Gasteiger partial charge in [0.15, 0.2) is 0 Å². The fourth-order valence-electron chi connectivity index (χ4n) is 5.06. The number of rotatable bonds is 5. The van der Waals surface area contributed by atoms with Crippen molar-refractivity contribution in [1.29, 1.82) is 0 Å². The van der Waals surface area contributed by atoms with E-state index in [2.05, 4.69) is 5.32 Å². The third kappa shape index (κ3) is 2.95. The Kier molecular flexibility index (Phi) is 4.24. The summed E-state index contributed by atoms with van der Waals surface area (Å²) in [4.78, 5) is 38.7. The van der Waals surface area contributed by atoms with Crippen LogP contribution in [-0.2, 0) is 14.4 Å². The van der Waals surface area contributed by atoms with Crippen LogP contribution in [0.3, 0.4) is 0 Å². The molecule has 0 aromatic heterocycles. The molecule has 2 aromatic carbocycles. The standard InChI is InChI=1S/C23H22N2O4/c26-18(15-6-5-13-3-1-2-4-14(13)9-15)11-24-19(27)12-25-22(28)20-16-7-8-17(10-16)21(20)23(25)29/h1-9,16-18,20-21,26H,10-12H2,(H,24,27)/t16-,17-,18+,20+,21+/m0/s1. The number of benzene rings is 2. The molecule has 0 spiro atoms. The number of aliphatic hydroxyl groups is 1. The molecule has 1 saturated heterocycles. The largest absolute Gasteiger partial charge is 0.387 e. The van der Waals surface area contributed by atoms with Gasteiger partial charge < -0.3 is 10.4 Å². The van der Waals surface area contributed by atoms with Crippen LogP contribution in [0.2, 0.25) is 0 Å². The average molecular weight is 390 g/mol. The van der Waals surface area contributed by atoms with Crippen LogP contribution in [-0.4, -0.2) is 40.8 Å². The second-order valence-electron chi connectivity index (χ2n) is 8.19. The van der Waals surface area contributed by atoms with E-state index in [0.29, 0.717) is 5.56 Å². The number of hydrogen-bond donors (Lipinski definition) is 2. The lowest BCUT2D eigenvalue weighted by atomic mass is 9.85. The second-order valence-corrected chi connectivity index (χ2v) is 8.19. The first-order valence-corrected chi connectivity index (χ1v) is 10.00. The van der Waals surface area contributed by atoms with Gasteiger partial charge in [-0.3, -0.25) is 19.3 Å². The quantitative estimate of drug-likeness (QED) is 0.602. The number of nitrogens with zero attached hydrogens (tertiary/aromatic N) is 1. The Labute approximate surface area is 168 Å². The summed E-state index contributed by atoms with van der Waals surface area (Å²) in [6.45, 7) is -0.262. The summed E-state index contributed by atoms with van der Waals surface area (Å²) in [6.07, 6.45) is 4.05. The molecule has 5 atom stereocenters. The van der Waals surface area contributed by atoms with Crippen LogP contribution in [0.5, 0.6) is 0 Å². The molecule has 1 saturated carbocycles. The molecule has 2 N–H and O–H groups in total. The first-order chi connectivity index (χ1) is 14.0. The van der Waals surface area contributed by atoms with Gasteiger partial charge in [-0.05, 0) is 40.7 Å². The van der Waals surface area contributed by atoms with Crippen molar-refractivity contribution < 1.29 is 19.5 Å². The zero-order valence-electron chi connectivity index (χ0n) is 15.8. The molecule has 2 bridgehead atoms. The Hall–Kier alpha value is -2.99. The molecule has 6 heteroatoms. The second kappa shape index (κ2) is 6.81. The topological polar surface area (TPSA) is 86.7 Å². The van der Waals surface area contributed by atoms with E-state index < -0.39 is 12.0 Å². The molecular weight excluding hydrogens is 368 g/mol. The molecule has 2 aromatic rings. The highest BCUT2D eigenvalue weighted by Gasteiger charge is 2.59. The van der Waals surface area contributed by atoms with Gasteiger partial charge in [0, 0.05) is 6.54 Å². The number of nitrogens with one attached hydrogen (secondary N) is 1. The minimum atomic E-state index is -0.868. The summed E-state index contributed by atoms with van der Waals surface area (Å²) in [5.74, 6) is -1.24. The molecule has 0 unspecified atom stereocenters. The maximum Gasteiger partial charge on any atom is 0.240 e. The number of allylic oxidation sites excluding steroid dienone is 2. The van der Waals surface area contributed by atoms with Crippen molar-refractivity contribution in [3.8, 4) is 0 Å². The van der Waals surface area contributed by atoms with Gasteiger partial charge in [0.2, 0.25) is 17.7 Å². The average Bonchev–Trinajstić information content (AvgIpc) is 3.42. The van der Waals surface area contributed by atoms with E-state index in [1.807, 2.05) is 54.6 Å². The van der Waals surface area contributed by atoms with Crippen LogP contribution in [0.4, 0.5) is 0 Å². The van der Waals surface area contributed by atoms with Crippen molar-refractivity contribution in [2.45, 2.75) is 12.5 Å². The number of aliphatic hydroxyl groups excluding tert-OH is 1. The van der Waals surface area contributed by atoms with Crippen molar-refractivity contribution in [2.75, 3.05) is 13.1 Å². The fraction of sp³-hybridized carbons (Fsp3) is 0.348.